The number of amides is 9. The van der Waals surface area contributed by atoms with Crippen LogP contribution >= 0.6 is 0 Å². The van der Waals surface area contributed by atoms with E-state index in [0.29, 0.717) is 44.9 Å². The zero-order valence-corrected chi connectivity index (χ0v) is 37.6. The van der Waals surface area contributed by atoms with Gasteiger partial charge in [0.05, 0.1) is 13.1 Å². The van der Waals surface area contributed by atoms with E-state index in [4.69, 9.17) is 0 Å². The first-order valence-corrected chi connectivity index (χ1v) is 22.7. The van der Waals surface area contributed by atoms with Crippen LogP contribution in [0.4, 0.5) is 0 Å². The Hall–Kier alpha value is -5.55. The molecule has 0 unspecified atom stereocenters. The molecule has 8 atom stereocenters. The second-order valence-corrected chi connectivity index (χ2v) is 18.2. The Labute approximate surface area is 370 Å². The smallest absolute Gasteiger partial charge is 0.246 e. The Morgan fingerprint density at radius 3 is 1.60 bits per heavy atom. The van der Waals surface area contributed by atoms with Crippen molar-refractivity contribution in [3.8, 4) is 0 Å². The third-order valence-electron chi connectivity index (χ3n) is 12.7. The molecule has 346 valence electrons. The van der Waals surface area contributed by atoms with E-state index in [2.05, 4.69) is 31.9 Å². The summed E-state index contributed by atoms with van der Waals surface area (Å²) in [5, 5.41) is 16.6. The fourth-order valence-electron chi connectivity index (χ4n) is 8.95. The van der Waals surface area contributed by atoms with Crippen LogP contribution in [0.15, 0.2) is 30.3 Å². The van der Waals surface area contributed by atoms with Crippen molar-refractivity contribution in [3.05, 3.63) is 35.9 Å². The minimum Gasteiger partial charge on any atom is -0.345 e. The molecule has 0 aromatic heterocycles. The molecule has 5 rings (SSSR count). The number of hydrogen-bond acceptors (Lipinski definition) is 9. The quantitative estimate of drug-likeness (QED) is 0.218. The van der Waals surface area contributed by atoms with Crippen molar-refractivity contribution in [2.45, 2.75) is 142 Å². The van der Waals surface area contributed by atoms with E-state index in [1.807, 2.05) is 26.8 Å². The standard InChI is InChI=1S/C45H67N9O9/c1-7-28(6)38-44(62)49-31(23-29-14-9-8-10-15-29)40(58)47-25-36(56)53-20-13-18-34(53)45(63)54-21-12-17-33(54)41(59)48-30(22-26(2)3)39(57)46-24-35(55)52-19-11-16-32(52)42(60)50-37(27(4)5)43(61)51-38/h8-10,14-15,26-28,30-34,37-38H,7,11-13,16-25H2,1-6H3,(H,46,57)(H,47,58)(H,48,59)(H,49,62)(H,50,60)(H,51,61)/t28-,30-,31-,32-,33+,34+,37+,38+/m0/s1. The SMILES string of the molecule is CC[C@H](C)[C@H]1NC(=O)[C@@H](C(C)C)NC(=O)[C@@H]2CCCN2C(=O)CNC(=O)[C@H](CC(C)C)NC(=O)[C@H]2CCCN2C(=O)[C@H]2CCCN2C(=O)CNC(=O)[C@H](Cc2ccccc2)NC1=O. The summed E-state index contributed by atoms with van der Waals surface area (Å²) in [7, 11) is 0. The number of benzene rings is 1. The summed E-state index contributed by atoms with van der Waals surface area (Å²) in [6.45, 7) is 10.8. The minimum atomic E-state index is -1.16. The Balaban J connectivity index is 1.46. The van der Waals surface area contributed by atoms with Gasteiger partial charge in [-0.25, -0.2) is 0 Å². The Morgan fingerprint density at radius 1 is 0.556 bits per heavy atom. The van der Waals surface area contributed by atoms with Gasteiger partial charge in [-0.15, -0.1) is 0 Å². The Morgan fingerprint density at radius 2 is 1.03 bits per heavy atom. The van der Waals surface area contributed by atoms with Crippen molar-refractivity contribution in [1.29, 1.82) is 0 Å². The van der Waals surface area contributed by atoms with Gasteiger partial charge in [-0.1, -0.05) is 78.3 Å². The zero-order chi connectivity index (χ0) is 46.0. The molecule has 4 aliphatic heterocycles. The van der Waals surface area contributed by atoms with E-state index in [0.717, 1.165) is 5.56 Å². The van der Waals surface area contributed by atoms with Crippen molar-refractivity contribution < 1.29 is 43.2 Å². The maximum Gasteiger partial charge on any atom is 0.246 e. The molecular formula is C45H67N9O9. The fraction of sp³-hybridized carbons (Fsp3) is 0.667. The predicted molar refractivity (Wildman–Crippen MR) is 232 cm³/mol. The van der Waals surface area contributed by atoms with Crippen LogP contribution in [0.25, 0.3) is 0 Å². The van der Waals surface area contributed by atoms with Crippen molar-refractivity contribution >= 4 is 53.2 Å². The highest BCUT2D eigenvalue weighted by atomic mass is 16.2. The summed E-state index contributed by atoms with van der Waals surface area (Å²) in [5.41, 5.74) is 0.732. The number of nitrogens with one attached hydrogen (secondary N) is 6. The summed E-state index contributed by atoms with van der Waals surface area (Å²) >= 11 is 0. The van der Waals surface area contributed by atoms with Crippen LogP contribution in [0.1, 0.15) is 98.5 Å². The maximum atomic E-state index is 14.2. The Kier molecular flexibility index (Phi) is 17.1. The lowest BCUT2D eigenvalue weighted by molar-refractivity contribution is -0.147. The highest BCUT2D eigenvalue weighted by Gasteiger charge is 2.44. The van der Waals surface area contributed by atoms with Crippen molar-refractivity contribution in [2.24, 2.45) is 17.8 Å². The largest absolute Gasteiger partial charge is 0.345 e. The molecule has 0 spiro atoms. The number of fused-ring (bicyclic) bond motifs is 3. The van der Waals surface area contributed by atoms with E-state index < -0.39 is 120 Å². The second kappa shape index (κ2) is 22.2. The predicted octanol–water partition coefficient (Wildman–Crippen LogP) is 0.136. The second-order valence-electron chi connectivity index (χ2n) is 18.2. The van der Waals surface area contributed by atoms with Gasteiger partial charge in [0.2, 0.25) is 53.2 Å². The van der Waals surface area contributed by atoms with Crippen LogP contribution in [0, 0.1) is 17.8 Å². The zero-order valence-electron chi connectivity index (χ0n) is 37.6. The van der Waals surface area contributed by atoms with Gasteiger partial charge in [0, 0.05) is 26.1 Å². The van der Waals surface area contributed by atoms with Crippen LogP contribution in [0.5, 0.6) is 0 Å². The molecule has 1 aromatic carbocycles. The number of rotatable bonds is 7. The average Bonchev–Trinajstić information content (AvgIpc) is 4.06. The highest BCUT2D eigenvalue weighted by Crippen LogP contribution is 2.26. The first-order chi connectivity index (χ1) is 30.0. The summed E-state index contributed by atoms with van der Waals surface area (Å²) in [5.74, 6) is -5.83. The van der Waals surface area contributed by atoms with E-state index in [1.165, 1.54) is 14.7 Å². The van der Waals surface area contributed by atoms with Crippen LogP contribution in [-0.4, -0.2) is 143 Å². The monoisotopic (exact) mass is 878 g/mol. The normalized spacial score (nSPS) is 28.3. The number of nitrogens with zero attached hydrogens (tertiary/aromatic N) is 3. The van der Waals surface area contributed by atoms with E-state index in [9.17, 15) is 43.2 Å². The molecule has 4 heterocycles. The third kappa shape index (κ3) is 12.3. The van der Waals surface area contributed by atoms with Crippen molar-refractivity contribution in [3.63, 3.8) is 0 Å². The van der Waals surface area contributed by atoms with Gasteiger partial charge < -0.3 is 46.6 Å². The van der Waals surface area contributed by atoms with E-state index in [1.54, 1.807) is 45.0 Å². The van der Waals surface area contributed by atoms with Gasteiger partial charge >= 0.3 is 0 Å². The number of carbonyl (C=O) groups is 9. The molecular weight excluding hydrogens is 811 g/mol. The molecule has 63 heavy (non-hydrogen) atoms. The lowest BCUT2D eigenvalue weighted by atomic mass is 9.95. The minimum absolute atomic E-state index is 0.0259. The summed E-state index contributed by atoms with van der Waals surface area (Å²) in [6.07, 6.45) is 3.42. The third-order valence-corrected chi connectivity index (χ3v) is 12.7. The van der Waals surface area contributed by atoms with Gasteiger partial charge in [-0.2, -0.15) is 0 Å². The molecule has 0 saturated carbocycles. The topological polar surface area (TPSA) is 236 Å². The summed E-state index contributed by atoms with van der Waals surface area (Å²) in [6, 6.07) is 1.96. The highest BCUT2D eigenvalue weighted by molar-refractivity contribution is 5.98. The maximum absolute atomic E-state index is 14.2. The first-order valence-electron chi connectivity index (χ1n) is 22.7. The average molecular weight is 878 g/mol. The molecule has 1 aromatic rings. The molecule has 0 bridgehead atoms. The lowest BCUT2D eigenvalue weighted by Gasteiger charge is -2.32. The van der Waals surface area contributed by atoms with E-state index in [-0.39, 0.29) is 38.4 Å². The van der Waals surface area contributed by atoms with Gasteiger partial charge in [-0.3, -0.25) is 43.2 Å². The molecule has 18 nitrogen and oxygen atoms in total. The van der Waals surface area contributed by atoms with Gasteiger partial charge in [0.25, 0.3) is 0 Å². The van der Waals surface area contributed by atoms with E-state index >= 15 is 0 Å². The molecule has 4 aliphatic rings. The molecule has 9 amide bonds. The number of carbonyl (C=O) groups excluding carboxylic acids is 9. The van der Waals surface area contributed by atoms with Crippen LogP contribution < -0.4 is 31.9 Å². The fourth-order valence-corrected chi connectivity index (χ4v) is 8.95. The summed E-state index contributed by atoms with van der Waals surface area (Å²) in [4.78, 5) is 129. The summed E-state index contributed by atoms with van der Waals surface area (Å²) < 4.78 is 0. The molecule has 4 fully saturated rings. The molecule has 4 saturated heterocycles. The van der Waals surface area contributed by atoms with Crippen LogP contribution in [0.3, 0.4) is 0 Å². The van der Waals surface area contributed by atoms with Gasteiger partial charge in [0.15, 0.2) is 0 Å². The molecule has 18 heteroatoms. The van der Waals surface area contributed by atoms with Gasteiger partial charge in [0.1, 0.15) is 42.3 Å². The van der Waals surface area contributed by atoms with Crippen LogP contribution in [-0.2, 0) is 49.6 Å². The van der Waals surface area contributed by atoms with Crippen molar-refractivity contribution in [2.75, 3.05) is 32.7 Å². The van der Waals surface area contributed by atoms with Gasteiger partial charge in [-0.05, 0) is 68.3 Å². The first kappa shape index (κ1) is 48.5. The molecule has 0 aliphatic carbocycles. The molecule has 6 N–H and O–H groups in total. The molecule has 0 radical (unpaired) electrons. The Bertz CT molecular complexity index is 1860. The lowest BCUT2D eigenvalue weighted by Crippen LogP contribution is -2.61. The number of hydrogen-bond donors (Lipinski definition) is 6. The van der Waals surface area contributed by atoms with Crippen LogP contribution in [0.2, 0.25) is 0 Å². The van der Waals surface area contributed by atoms with Crippen molar-refractivity contribution in [1.82, 2.24) is 46.6 Å².